The molecule has 0 aromatic heterocycles. The van der Waals surface area contributed by atoms with Gasteiger partial charge in [-0.25, -0.2) is 8.42 Å². The Balaban J connectivity index is 2.44. The van der Waals surface area contributed by atoms with Gasteiger partial charge in [-0.1, -0.05) is 29.8 Å². The van der Waals surface area contributed by atoms with E-state index in [2.05, 4.69) is 5.32 Å². The Hall–Kier alpha value is -1.89. The van der Waals surface area contributed by atoms with Crippen LogP contribution in [0.2, 0.25) is 5.02 Å². The van der Waals surface area contributed by atoms with Crippen molar-refractivity contribution in [2.24, 2.45) is 5.73 Å². The summed E-state index contributed by atoms with van der Waals surface area (Å²) in [4.78, 5) is 11.3. The molecule has 1 amide bonds. The fraction of sp³-hybridized carbons (Fsp3) is 0.0714. The van der Waals surface area contributed by atoms with Crippen LogP contribution in [0.4, 0.5) is 5.69 Å². The number of hydrogen-bond donors (Lipinski definition) is 2. The van der Waals surface area contributed by atoms with Crippen LogP contribution in [0.25, 0.3) is 0 Å². The zero-order chi connectivity index (χ0) is 15.5. The maximum atomic E-state index is 12.5. The van der Waals surface area contributed by atoms with Gasteiger partial charge in [0.05, 0.1) is 21.4 Å². The Bertz CT molecular complexity index is 775. The standard InChI is InChI=1S/C14H13ClN2O3S/c15-12-6-1-2-7-13(12)21(19,20)11-5-3-4-10(8-11)17-14(18)9-16/h1-8H,9,16H2,(H,17,18). The zero-order valence-corrected chi connectivity index (χ0v) is 12.5. The van der Waals surface area contributed by atoms with Crippen molar-refractivity contribution in [3.63, 3.8) is 0 Å². The number of rotatable bonds is 4. The van der Waals surface area contributed by atoms with Crippen molar-refractivity contribution in [3.05, 3.63) is 53.6 Å². The number of nitrogens with one attached hydrogen (secondary N) is 1. The minimum absolute atomic E-state index is 0.0222. The molecule has 0 saturated carbocycles. The molecule has 2 rings (SSSR count). The summed E-state index contributed by atoms with van der Waals surface area (Å²) in [5.41, 5.74) is 5.57. The van der Waals surface area contributed by atoms with E-state index >= 15 is 0 Å². The van der Waals surface area contributed by atoms with Gasteiger partial charge in [0.15, 0.2) is 0 Å². The lowest BCUT2D eigenvalue weighted by Gasteiger charge is -2.09. The molecule has 2 aromatic rings. The molecule has 0 heterocycles. The smallest absolute Gasteiger partial charge is 0.238 e. The predicted octanol–water partition coefficient (Wildman–Crippen LogP) is 2.07. The van der Waals surface area contributed by atoms with E-state index in [0.717, 1.165) is 0 Å². The molecule has 0 aliphatic carbocycles. The lowest BCUT2D eigenvalue weighted by atomic mass is 10.3. The monoisotopic (exact) mass is 324 g/mol. The summed E-state index contributed by atoms with van der Waals surface area (Å²) in [6.07, 6.45) is 0. The summed E-state index contributed by atoms with van der Waals surface area (Å²) in [6, 6.07) is 12.1. The number of sulfone groups is 1. The fourth-order valence-corrected chi connectivity index (χ4v) is 3.56. The minimum atomic E-state index is -3.75. The number of anilines is 1. The van der Waals surface area contributed by atoms with Gasteiger partial charge < -0.3 is 11.1 Å². The maximum absolute atomic E-state index is 12.5. The first-order valence-electron chi connectivity index (χ1n) is 6.05. The normalized spacial score (nSPS) is 11.1. The van der Waals surface area contributed by atoms with Crippen LogP contribution >= 0.6 is 11.6 Å². The molecule has 21 heavy (non-hydrogen) atoms. The van der Waals surface area contributed by atoms with E-state index in [1.54, 1.807) is 18.2 Å². The van der Waals surface area contributed by atoms with E-state index < -0.39 is 15.7 Å². The topological polar surface area (TPSA) is 89.3 Å². The van der Waals surface area contributed by atoms with Crippen LogP contribution < -0.4 is 11.1 Å². The van der Waals surface area contributed by atoms with Crippen molar-refractivity contribution in [1.29, 1.82) is 0 Å². The van der Waals surface area contributed by atoms with Gasteiger partial charge in [-0.2, -0.15) is 0 Å². The minimum Gasteiger partial charge on any atom is -0.325 e. The van der Waals surface area contributed by atoms with Crippen molar-refractivity contribution >= 4 is 33.0 Å². The third-order valence-electron chi connectivity index (χ3n) is 2.74. The molecule has 5 nitrogen and oxygen atoms in total. The third kappa shape index (κ3) is 3.41. The van der Waals surface area contributed by atoms with Crippen molar-refractivity contribution < 1.29 is 13.2 Å². The molecular formula is C14H13ClN2O3S. The summed E-state index contributed by atoms with van der Waals surface area (Å²) < 4.78 is 25.1. The first-order chi connectivity index (χ1) is 9.95. The van der Waals surface area contributed by atoms with Crippen LogP contribution in [-0.4, -0.2) is 20.9 Å². The molecule has 0 spiro atoms. The highest BCUT2D eigenvalue weighted by molar-refractivity contribution is 7.91. The summed E-state index contributed by atoms with van der Waals surface area (Å²) in [5.74, 6) is -0.401. The molecule has 7 heteroatoms. The van der Waals surface area contributed by atoms with Crippen LogP contribution in [0.3, 0.4) is 0 Å². The van der Waals surface area contributed by atoms with Crippen LogP contribution in [0, 0.1) is 0 Å². The number of carbonyl (C=O) groups excluding carboxylic acids is 1. The third-order valence-corrected chi connectivity index (χ3v) is 4.99. The summed E-state index contributed by atoms with van der Waals surface area (Å²) >= 11 is 5.94. The highest BCUT2D eigenvalue weighted by atomic mass is 35.5. The Morgan fingerprint density at radius 1 is 1.14 bits per heavy atom. The van der Waals surface area contributed by atoms with E-state index in [1.165, 1.54) is 30.3 Å². The number of halogens is 1. The molecule has 2 aromatic carbocycles. The van der Waals surface area contributed by atoms with Crippen molar-refractivity contribution in [1.82, 2.24) is 0 Å². The number of hydrogen-bond acceptors (Lipinski definition) is 4. The van der Waals surface area contributed by atoms with Crippen LogP contribution in [0.15, 0.2) is 58.3 Å². The molecule has 0 unspecified atom stereocenters. The predicted molar refractivity (Wildman–Crippen MR) is 81.0 cm³/mol. The van der Waals surface area contributed by atoms with E-state index in [9.17, 15) is 13.2 Å². The molecule has 0 aliphatic rings. The van der Waals surface area contributed by atoms with Gasteiger partial charge in [-0.15, -0.1) is 0 Å². The number of nitrogens with two attached hydrogens (primary N) is 1. The van der Waals surface area contributed by atoms with Crippen LogP contribution in [0.1, 0.15) is 0 Å². The van der Waals surface area contributed by atoms with Crippen molar-refractivity contribution in [3.8, 4) is 0 Å². The SMILES string of the molecule is NCC(=O)Nc1cccc(S(=O)(=O)c2ccccc2Cl)c1. The van der Waals surface area contributed by atoms with E-state index in [0.29, 0.717) is 5.69 Å². The van der Waals surface area contributed by atoms with Gasteiger partial charge in [0, 0.05) is 5.69 Å². The van der Waals surface area contributed by atoms with Crippen molar-refractivity contribution in [2.45, 2.75) is 9.79 Å². The zero-order valence-electron chi connectivity index (χ0n) is 10.9. The average molecular weight is 325 g/mol. The van der Waals surface area contributed by atoms with E-state index in [4.69, 9.17) is 17.3 Å². The molecule has 0 atom stereocenters. The number of carbonyl (C=O) groups is 1. The van der Waals surface area contributed by atoms with Crippen molar-refractivity contribution in [2.75, 3.05) is 11.9 Å². The van der Waals surface area contributed by atoms with Gasteiger partial charge in [-0.3, -0.25) is 4.79 Å². The second-order valence-corrected chi connectivity index (χ2v) is 6.54. The first-order valence-corrected chi connectivity index (χ1v) is 7.91. The van der Waals surface area contributed by atoms with E-state index in [-0.39, 0.29) is 21.4 Å². The first kappa shape index (κ1) is 15.5. The highest BCUT2D eigenvalue weighted by Gasteiger charge is 2.20. The largest absolute Gasteiger partial charge is 0.325 e. The Morgan fingerprint density at radius 2 is 1.86 bits per heavy atom. The Labute approximate surface area is 127 Å². The quantitative estimate of drug-likeness (QED) is 0.901. The van der Waals surface area contributed by atoms with E-state index in [1.807, 2.05) is 0 Å². The van der Waals surface area contributed by atoms with Gasteiger partial charge in [0.25, 0.3) is 0 Å². The summed E-state index contributed by atoms with van der Waals surface area (Å²) in [5, 5.41) is 2.66. The molecule has 110 valence electrons. The highest BCUT2D eigenvalue weighted by Crippen LogP contribution is 2.28. The summed E-state index contributed by atoms with van der Waals surface area (Å²) in [7, 11) is -3.75. The van der Waals surface area contributed by atoms with Gasteiger partial charge in [-0.05, 0) is 30.3 Å². The van der Waals surface area contributed by atoms with Gasteiger partial charge in [0.2, 0.25) is 15.7 Å². The van der Waals surface area contributed by atoms with Gasteiger partial charge >= 0.3 is 0 Å². The second kappa shape index (κ2) is 6.26. The molecule has 0 radical (unpaired) electrons. The average Bonchev–Trinajstić information content (AvgIpc) is 2.47. The molecular weight excluding hydrogens is 312 g/mol. The van der Waals surface area contributed by atoms with Crippen LogP contribution in [-0.2, 0) is 14.6 Å². The lowest BCUT2D eigenvalue weighted by molar-refractivity contribution is -0.114. The van der Waals surface area contributed by atoms with Gasteiger partial charge in [0.1, 0.15) is 0 Å². The second-order valence-electron chi connectivity index (χ2n) is 4.21. The Morgan fingerprint density at radius 3 is 2.52 bits per heavy atom. The molecule has 0 fully saturated rings. The summed E-state index contributed by atoms with van der Waals surface area (Å²) in [6.45, 7) is -0.179. The number of benzene rings is 2. The molecule has 3 N–H and O–H groups in total. The maximum Gasteiger partial charge on any atom is 0.238 e. The van der Waals surface area contributed by atoms with Crippen LogP contribution in [0.5, 0.6) is 0 Å². The molecule has 0 aliphatic heterocycles. The lowest BCUT2D eigenvalue weighted by Crippen LogP contribution is -2.21. The molecule has 0 bridgehead atoms. The Kier molecular flexibility index (Phi) is 4.62. The number of amides is 1. The fourth-order valence-electron chi connectivity index (χ4n) is 1.74. The molecule has 0 saturated heterocycles.